The molecule has 1 aromatic carbocycles. The van der Waals surface area contributed by atoms with Crippen LogP contribution in [0, 0.1) is 0 Å². The second kappa shape index (κ2) is 6.94. The van der Waals surface area contributed by atoms with Gasteiger partial charge in [0.1, 0.15) is 0 Å². The highest BCUT2D eigenvalue weighted by atomic mass is 35.5. The lowest BCUT2D eigenvalue weighted by molar-refractivity contribution is 0.169. The lowest BCUT2D eigenvalue weighted by atomic mass is 10.2. The maximum absolute atomic E-state index is 9.67. The second-order valence-corrected chi connectivity index (χ2v) is 5.74. The quantitative estimate of drug-likeness (QED) is 0.826. The van der Waals surface area contributed by atoms with Crippen molar-refractivity contribution >= 4 is 23.4 Å². The molecule has 2 aromatic rings. The van der Waals surface area contributed by atoms with Crippen LogP contribution in [-0.4, -0.2) is 10.1 Å². The van der Waals surface area contributed by atoms with Crippen LogP contribution in [0.5, 0.6) is 0 Å². The second-order valence-electron chi connectivity index (χ2n) is 4.26. The third kappa shape index (κ3) is 4.23. The Kier molecular flexibility index (Phi) is 5.25. The molecule has 2 rings (SSSR count). The molecule has 0 aliphatic rings. The third-order valence-corrected chi connectivity index (χ3v) is 4.11. The van der Waals surface area contributed by atoms with Crippen molar-refractivity contribution < 1.29 is 5.11 Å². The van der Waals surface area contributed by atoms with E-state index in [1.807, 2.05) is 49.5 Å². The van der Waals surface area contributed by atoms with Gasteiger partial charge in [-0.15, -0.1) is 11.8 Å². The molecule has 0 aliphatic carbocycles. The Balaban J connectivity index is 1.94. The topological polar surface area (TPSA) is 33.1 Å². The number of thioether (sulfide) groups is 1. The van der Waals surface area contributed by atoms with Gasteiger partial charge in [-0.25, -0.2) is 0 Å². The van der Waals surface area contributed by atoms with Crippen molar-refractivity contribution in [2.45, 2.75) is 30.1 Å². The first kappa shape index (κ1) is 14.4. The lowest BCUT2D eigenvalue weighted by Crippen LogP contribution is -1.97. The minimum atomic E-state index is -0.463. The predicted octanol–water partition coefficient (Wildman–Crippen LogP) is 4.47. The van der Waals surface area contributed by atoms with Crippen LogP contribution in [0.25, 0.3) is 0 Å². The molecule has 0 saturated heterocycles. The summed E-state index contributed by atoms with van der Waals surface area (Å²) in [6.45, 7) is 1.94. The van der Waals surface area contributed by atoms with Crippen molar-refractivity contribution in [1.82, 2.24) is 4.98 Å². The van der Waals surface area contributed by atoms with Gasteiger partial charge in [-0.05, 0) is 36.2 Å². The number of halogens is 1. The fourth-order valence-corrected chi connectivity index (χ4v) is 2.57. The smallest absolute Gasteiger partial charge is 0.0957 e. The van der Waals surface area contributed by atoms with E-state index in [9.17, 15) is 5.11 Å². The largest absolute Gasteiger partial charge is 0.387 e. The molecule has 0 aliphatic heterocycles. The Morgan fingerprint density at radius 2 is 1.95 bits per heavy atom. The minimum absolute atomic E-state index is 0.463. The molecule has 0 unspecified atom stereocenters. The van der Waals surface area contributed by atoms with Crippen LogP contribution in [0.4, 0.5) is 0 Å². The molecule has 100 valence electrons. The molecule has 0 saturated carbocycles. The summed E-state index contributed by atoms with van der Waals surface area (Å²) in [5, 5.41) is 10.4. The molecule has 0 fully saturated rings. The van der Waals surface area contributed by atoms with Gasteiger partial charge in [0.05, 0.1) is 11.8 Å². The number of benzene rings is 1. The summed E-state index contributed by atoms with van der Waals surface area (Å²) in [5.74, 6) is 0.883. The number of aliphatic hydroxyl groups excluding tert-OH is 1. The van der Waals surface area contributed by atoms with Crippen LogP contribution >= 0.6 is 23.4 Å². The van der Waals surface area contributed by atoms with E-state index in [0.717, 1.165) is 21.4 Å². The molecular weight excluding hydrogens is 278 g/mol. The van der Waals surface area contributed by atoms with Crippen LogP contribution < -0.4 is 0 Å². The van der Waals surface area contributed by atoms with Crippen molar-refractivity contribution in [3.63, 3.8) is 0 Å². The van der Waals surface area contributed by atoms with Gasteiger partial charge in [-0.1, -0.05) is 30.7 Å². The van der Waals surface area contributed by atoms with Crippen molar-refractivity contribution in [3.8, 4) is 0 Å². The molecule has 1 aromatic heterocycles. The summed E-state index contributed by atoms with van der Waals surface area (Å²) >= 11 is 7.57. The number of hydrogen-bond donors (Lipinski definition) is 1. The maximum atomic E-state index is 9.67. The van der Waals surface area contributed by atoms with E-state index < -0.39 is 6.10 Å². The molecule has 0 radical (unpaired) electrons. The number of nitrogens with zero attached hydrogens (tertiary/aromatic N) is 1. The van der Waals surface area contributed by atoms with Gasteiger partial charge in [0.25, 0.3) is 0 Å². The highest BCUT2D eigenvalue weighted by molar-refractivity contribution is 7.98. The fraction of sp³-hybridized carbons (Fsp3) is 0.267. The molecule has 4 heteroatoms. The van der Waals surface area contributed by atoms with Crippen LogP contribution in [0.2, 0.25) is 5.02 Å². The number of aliphatic hydroxyl groups is 1. The predicted molar refractivity (Wildman–Crippen MR) is 80.5 cm³/mol. The van der Waals surface area contributed by atoms with Crippen molar-refractivity contribution in [2.75, 3.05) is 0 Å². The molecule has 19 heavy (non-hydrogen) atoms. The zero-order chi connectivity index (χ0) is 13.7. The summed E-state index contributed by atoms with van der Waals surface area (Å²) < 4.78 is 0. The average Bonchev–Trinajstić information content (AvgIpc) is 2.46. The molecule has 0 spiro atoms. The van der Waals surface area contributed by atoms with E-state index in [0.29, 0.717) is 6.42 Å². The normalized spacial score (nSPS) is 12.4. The Morgan fingerprint density at radius 3 is 2.53 bits per heavy atom. The van der Waals surface area contributed by atoms with E-state index in [2.05, 4.69) is 4.98 Å². The van der Waals surface area contributed by atoms with Crippen LogP contribution in [0.15, 0.2) is 47.5 Å². The zero-order valence-corrected chi connectivity index (χ0v) is 12.3. The van der Waals surface area contributed by atoms with Gasteiger partial charge < -0.3 is 5.11 Å². The monoisotopic (exact) mass is 293 g/mol. The van der Waals surface area contributed by atoms with Gasteiger partial charge in [0.2, 0.25) is 0 Å². The summed E-state index contributed by atoms with van der Waals surface area (Å²) in [6.07, 6.45) is 2.04. The van der Waals surface area contributed by atoms with Gasteiger partial charge in [0.15, 0.2) is 0 Å². The van der Waals surface area contributed by atoms with Crippen molar-refractivity contribution in [1.29, 1.82) is 0 Å². The molecular formula is C15H16ClNOS. The summed E-state index contributed by atoms with van der Waals surface area (Å²) in [6, 6.07) is 11.7. The zero-order valence-electron chi connectivity index (χ0n) is 10.7. The standard InChI is InChI=1S/C15H16ClNOS/c1-2-15(18)14-8-7-13(9-17-14)19-10-11-3-5-12(16)6-4-11/h3-9,15,18H,2,10H2,1H3/t15-/m0/s1. The van der Waals surface area contributed by atoms with E-state index in [1.54, 1.807) is 11.8 Å². The number of hydrogen-bond acceptors (Lipinski definition) is 3. The Bertz CT molecular complexity index is 513. The first-order valence-corrected chi connectivity index (χ1v) is 7.56. The summed E-state index contributed by atoms with van der Waals surface area (Å²) in [4.78, 5) is 5.38. The van der Waals surface area contributed by atoms with Gasteiger partial charge in [-0.3, -0.25) is 4.98 Å². The highest BCUT2D eigenvalue weighted by Gasteiger charge is 2.06. The van der Waals surface area contributed by atoms with Gasteiger partial charge in [0, 0.05) is 21.9 Å². The number of rotatable bonds is 5. The van der Waals surface area contributed by atoms with Crippen molar-refractivity contribution in [3.05, 3.63) is 58.9 Å². The van der Waals surface area contributed by atoms with Gasteiger partial charge >= 0.3 is 0 Å². The van der Waals surface area contributed by atoms with Crippen LogP contribution in [0.3, 0.4) is 0 Å². The molecule has 0 amide bonds. The van der Waals surface area contributed by atoms with Crippen LogP contribution in [-0.2, 0) is 5.75 Å². The molecule has 0 bridgehead atoms. The van der Waals surface area contributed by atoms with E-state index >= 15 is 0 Å². The SMILES string of the molecule is CC[C@H](O)c1ccc(SCc2ccc(Cl)cc2)cn1. The van der Waals surface area contributed by atoms with Crippen molar-refractivity contribution in [2.24, 2.45) is 0 Å². The van der Waals surface area contributed by atoms with Gasteiger partial charge in [-0.2, -0.15) is 0 Å². The van der Waals surface area contributed by atoms with E-state index in [4.69, 9.17) is 11.6 Å². The molecule has 2 nitrogen and oxygen atoms in total. The molecule has 1 atom stereocenters. The third-order valence-electron chi connectivity index (χ3n) is 2.81. The fourth-order valence-electron chi connectivity index (χ4n) is 1.63. The molecule has 1 N–H and O–H groups in total. The first-order valence-electron chi connectivity index (χ1n) is 6.20. The minimum Gasteiger partial charge on any atom is -0.387 e. The number of pyridine rings is 1. The summed E-state index contributed by atoms with van der Waals surface area (Å²) in [5.41, 5.74) is 1.96. The van der Waals surface area contributed by atoms with E-state index in [-0.39, 0.29) is 0 Å². The average molecular weight is 294 g/mol. The van der Waals surface area contributed by atoms with Crippen LogP contribution in [0.1, 0.15) is 30.7 Å². The number of aromatic nitrogens is 1. The highest BCUT2D eigenvalue weighted by Crippen LogP contribution is 2.24. The Morgan fingerprint density at radius 1 is 1.21 bits per heavy atom. The summed E-state index contributed by atoms with van der Waals surface area (Å²) in [7, 11) is 0. The molecule has 1 heterocycles. The van der Waals surface area contributed by atoms with E-state index in [1.165, 1.54) is 5.56 Å². The maximum Gasteiger partial charge on any atom is 0.0957 e. The Hall–Kier alpha value is -1.03. The lowest BCUT2D eigenvalue weighted by Gasteiger charge is -2.07. The first-order chi connectivity index (χ1) is 9.19. The Labute approximate surface area is 122 Å².